The molecule has 1 unspecified atom stereocenters. The predicted molar refractivity (Wildman–Crippen MR) is 108 cm³/mol. The molecule has 2 aromatic rings. The monoisotopic (exact) mass is 381 g/mol. The molecule has 5 heteroatoms. The number of carbonyl (C=O) groups is 1. The molecule has 1 amide bonds. The van der Waals surface area contributed by atoms with E-state index >= 15 is 0 Å². The number of rotatable bonds is 4. The van der Waals surface area contributed by atoms with Crippen LogP contribution in [0.2, 0.25) is 0 Å². The minimum atomic E-state index is -0.246. The summed E-state index contributed by atoms with van der Waals surface area (Å²) in [6, 6.07) is 12.6. The molecule has 0 radical (unpaired) electrons. The summed E-state index contributed by atoms with van der Waals surface area (Å²) in [5.74, 6) is 0.299. The van der Waals surface area contributed by atoms with Gasteiger partial charge in [0.05, 0.1) is 12.2 Å². The molecule has 148 valence electrons. The highest BCUT2D eigenvalue weighted by atomic mass is 19.1. The normalized spacial score (nSPS) is 20.9. The first-order valence-corrected chi connectivity index (χ1v) is 10.4. The van der Waals surface area contributed by atoms with Gasteiger partial charge in [0.25, 0.3) is 0 Å². The van der Waals surface area contributed by atoms with Crippen molar-refractivity contribution in [3.05, 3.63) is 54.0 Å². The average Bonchev–Trinajstić information content (AvgIpc) is 2.75. The van der Waals surface area contributed by atoms with Crippen LogP contribution in [0.1, 0.15) is 43.7 Å². The van der Waals surface area contributed by atoms with E-state index in [1.54, 1.807) is 12.1 Å². The molecule has 2 saturated heterocycles. The molecule has 1 aromatic carbocycles. The molecule has 0 bridgehead atoms. The van der Waals surface area contributed by atoms with E-state index in [-0.39, 0.29) is 17.6 Å². The molecular formula is C23H28FN3O. The number of likely N-dealkylation sites (tertiary alicyclic amines) is 2. The Bertz CT molecular complexity index is 819. The summed E-state index contributed by atoms with van der Waals surface area (Å²) in [5.41, 5.74) is 2.21. The van der Waals surface area contributed by atoms with Crippen molar-refractivity contribution in [1.82, 2.24) is 14.8 Å². The number of nitrogens with zero attached hydrogens (tertiary/aromatic N) is 3. The Kier molecular flexibility index (Phi) is 6.01. The van der Waals surface area contributed by atoms with Gasteiger partial charge in [-0.05, 0) is 62.9 Å². The zero-order chi connectivity index (χ0) is 19.3. The molecule has 4 rings (SSSR count). The zero-order valence-corrected chi connectivity index (χ0v) is 16.3. The van der Waals surface area contributed by atoms with Crippen LogP contribution in [-0.4, -0.2) is 53.4 Å². The van der Waals surface area contributed by atoms with E-state index in [0.29, 0.717) is 17.8 Å². The van der Waals surface area contributed by atoms with Gasteiger partial charge in [-0.3, -0.25) is 14.7 Å². The molecule has 2 aliphatic heterocycles. The maximum atomic E-state index is 14.1. The fraction of sp³-hybridized carbons (Fsp3) is 0.478. The summed E-state index contributed by atoms with van der Waals surface area (Å²) >= 11 is 0. The molecule has 28 heavy (non-hydrogen) atoms. The Morgan fingerprint density at radius 1 is 1.00 bits per heavy atom. The summed E-state index contributed by atoms with van der Waals surface area (Å²) in [6.07, 6.45) is 5.60. The van der Waals surface area contributed by atoms with Gasteiger partial charge in [0.1, 0.15) is 5.82 Å². The van der Waals surface area contributed by atoms with E-state index in [0.717, 1.165) is 57.6 Å². The first kappa shape index (κ1) is 19.1. The third kappa shape index (κ3) is 4.41. The van der Waals surface area contributed by atoms with Gasteiger partial charge in [0, 0.05) is 36.8 Å². The van der Waals surface area contributed by atoms with Crippen LogP contribution in [0.25, 0.3) is 11.3 Å². The van der Waals surface area contributed by atoms with E-state index in [4.69, 9.17) is 4.98 Å². The van der Waals surface area contributed by atoms with E-state index in [1.807, 2.05) is 29.2 Å². The highest BCUT2D eigenvalue weighted by molar-refractivity contribution is 5.78. The second-order valence-corrected chi connectivity index (χ2v) is 7.94. The van der Waals surface area contributed by atoms with Gasteiger partial charge in [0.2, 0.25) is 5.91 Å². The molecule has 0 N–H and O–H groups in total. The van der Waals surface area contributed by atoms with E-state index in [2.05, 4.69) is 4.90 Å². The minimum Gasteiger partial charge on any atom is -0.342 e. The molecule has 0 aliphatic carbocycles. The van der Waals surface area contributed by atoms with Crippen LogP contribution in [0.3, 0.4) is 0 Å². The fourth-order valence-corrected chi connectivity index (χ4v) is 4.37. The lowest BCUT2D eigenvalue weighted by molar-refractivity contribution is -0.133. The number of amides is 1. The third-order valence-electron chi connectivity index (χ3n) is 5.91. The number of hydrogen-bond acceptors (Lipinski definition) is 3. The minimum absolute atomic E-state index is 0.246. The van der Waals surface area contributed by atoms with Crippen molar-refractivity contribution < 1.29 is 9.18 Å². The summed E-state index contributed by atoms with van der Waals surface area (Å²) in [4.78, 5) is 21.7. The lowest BCUT2D eigenvalue weighted by Crippen LogP contribution is -2.45. The van der Waals surface area contributed by atoms with Gasteiger partial charge in [-0.1, -0.05) is 18.2 Å². The maximum absolute atomic E-state index is 14.1. The van der Waals surface area contributed by atoms with Gasteiger partial charge in [0.15, 0.2) is 0 Å². The molecule has 2 fully saturated rings. The molecule has 0 spiro atoms. The van der Waals surface area contributed by atoms with Gasteiger partial charge in [-0.25, -0.2) is 4.39 Å². The first-order valence-electron chi connectivity index (χ1n) is 10.4. The fourth-order valence-electron chi connectivity index (χ4n) is 4.37. The lowest BCUT2D eigenvalue weighted by atomic mass is 9.93. The number of benzene rings is 1. The average molecular weight is 381 g/mol. The smallest absolute Gasteiger partial charge is 0.236 e. The van der Waals surface area contributed by atoms with Crippen molar-refractivity contribution in [2.45, 2.75) is 38.0 Å². The molecular weight excluding hydrogens is 353 g/mol. The van der Waals surface area contributed by atoms with Crippen LogP contribution < -0.4 is 0 Å². The van der Waals surface area contributed by atoms with Crippen molar-refractivity contribution in [1.29, 1.82) is 0 Å². The Hall–Kier alpha value is -2.27. The third-order valence-corrected chi connectivity index (χ3v) is 5.91. The Balaban J connectivity index is 1.44. The SMILES string of the molecule is O=C(CN1CCCC(c2cccc(-c3ccccc3F)n2)C1)N1CCCCC1. The number of halogens is 1. The van der Waals surface area contributed by atoms with Crippen molar-refractivity contribution in [2.75, 3.05) is 32.7 Å². The molecule has 4 nitrogen and oxygen atoms in total. The Morgan fingerprint density at radius 2 is 1.82 bits per heavy atom. The van der Waals surface area contributed by atoms with Crippen molar-refractivity contribution in [2.24, 2.45) is 0 Å². The summed E-state index contributed by atoms with van der Waals surface area (Å²) in [7, 11) is 0. The van der Waals surface area contributed by atoms with Gasteiger partial charge >= 0.3 is 0 Å². The Labute approximate surface area is 166 Å². The van der Waals surface area contributed by atoms with Crippen molar-refractivity contribution in [3.63, 3.8) is 0 Å². The largest absolute Gasteiger partial charge is 0.342 e. The highest BCUT2D eigenvalue weighted by Crippen LogP contribution is 2.28. The van der Waals surface area contributed by atoms with Gasteiger partial charge < -0.3 is 4.90 Å². The second-order valence-electron chi connectivity index (χ2n) is 7.94. The molecule has 3 heterocycles. The predicted octanol–water partition coefficient (Wildman–Crippen LogP) is 4.08. The zero-order valence-electron chi connectivity index (χ0n) is 16.3. The van der Waals surface area contributed by atoms with E-state index in [9.17, 15) is 9.18 Å². The standard InChI is InChI=1S/C23H28FN3O/c24-20-10-3-2-9-19(20)22-12-6-11-21(25-22)18-8-7-13-26(16-18)17-23(28)27-14-4-1-5-15-27/h2-3,6,9-12,18H,1,4-5,7-8,13-17H2. The number of pyridine rings is 1. The topological polar surface area (TPSA) is 36.4 Å². The maximum Gasteiger partial charge on any atom is 0.236 e. The quantitative estimate of drug-likeness (QED) is 0.801. The summed E-state index contributed by atoms with van der Waals surface area (Å²) in [6.45, 7) is 4.12. The van der Waals surface area contributed by atoms with Crippen LogP contribution >= 0.6 is 0 Å². The molecule has 2 aliphatic rings. The van der Waals surface area contributed by atoms with E-state index < -0.39 is 0 Å². The molecule has 1 atom stereocenters. The second kappa shape index (κ2) is 8.82. The van der Waals surface area contributed by atoms with Crippen LogP contribution in [0.5, 0.6) is 0 Å². The highest BCUT2D eigenvalue weighted by Gasteiger charge is 2.26. The van der Waals surface area contributed by atoms with Crippen molar-refractivity contribution in [3.8, 4) is 11.3 Å². The summed E-state index contributed by atoms with van der Waals surface area (Å²) < 4.78 is 14.1. The Morgan fingerprint density at radius 3 is 2.64 bits per heavy atom. The lowest BCUT2D eigenvalue weighted by Gasteiger charge is -2.34. The number of hydrogen-bond donors (Lipinski definition) is 0. The number of carbonyl (C=O) groups excluding carboxylic acids is 1. The van der Waals surface area contributed by atoms with Crippen molar-refractivity contribution >= 4 is 5.91 Å². The van der Waals surface area contributed by atoms with Crippen LogP contribution in [0.4, 0.5) is 4.39 Å². The van der Waals surface area contributed by atoms with Crippen LogP contribution in [-0.2, 0) is 4.79 Å². The van der Waals surface area contributed by atoms with Crippen LogP contribution in [0.15, 0.2) is 42.5 Å². The van der Waals surface area contributed by atoms with E-state index in [1.165, 1.54) is 12.5 Å². The first-order chi connectivity index (χ1) is 13.7. The number of piperidine rings is 2. The summed E-state index contributed by atoms with van der Waals surface area (Å²) in [5, 5.41) is 0. The molecule has 1 aromatic heterocycles. The van der Waals surface area contributed by atoms with Gasteiger partial charge in [-0.15, -0.1) is 0 Å². The number of aromatic nitrogens is 1. The van der Waals surface area contributed by atoms with Crippen LogP contribution in [0, 0.1) is 5.82 Å². The van der Waals surface area contributed by atoms with Gasteiger partial charge in [-0.2, -0.15) is 0 Å². The molecule has 0 saturated carbocycles.